The summed E-state index contributed by atoms with van der Waals surface area (Å²) < 4.78 is 5.54. The van der Waals surface area contributed by atoms with E-state index in [4.69, 9.17) is 4.74 Å². The highest BCUT2D eigenvalue weighted by molar-refractivity contribution is 5.37. The third-order valence-corrected chi connectivity index (χ3v) is 2.91. The molecule has 0 radical (unpaired) electrons. The fourth-order valence-electron chi connectivity index (χ4n) is 2.14. The molecule has 1 unspecified atom stereocenters. The van der Waals surface area contributed by atoms with E-state index in [0.717, 1.165) is 38.6 Å². The molecule has 2 rings (SSSR count). The molecule has 0 spiro atoms. The molecule has 2 heterocycles. The van der Waals surface area contributed by atoms with Gasteiger partial charge in [0.05, 0.1) is 12.7 Å². The van der Waals surface area contributed by atoms with Gasteiger partial charge in [0.1, 0.15) is 5.82 Å². The zero-order valence-corrected chi connectivity index (χ0v) is 10.6. The van der Waals surface area contributed by atoms with Crippen molar-refractivity contribution in [2.75, 3.05) is 31.6 Å². The Morgan fingerprint density at radius 2 is 2.47 bits per heavy atom. The number of nitrogens with zero attached hydrogens (tertiary/aromatic N) is 2. The predicted octanol–water partition coefficient (Wildman–Crippen LogP) is 1.73. The molecule has 0 aromatic carbocycles. The van der Waals surface area contributed by atoms with Gasteiger partial charge in [0.15, 0.2) is 0 Å². The van der Waals surface area contributed by atoms with Crippen molar-refractivity contribution in [3.63, 3.8) is 0 Å². The summed E-state index contributed by atoms with van der Waals surface area (Å²) in [5.74, 6) is 0.964. The predicted molar refractivity (Wildman–Crippen MR) is 69.1 cm³/mol. The minimum Gasteiger partial charge on any atom is -0.376 e. The summed E-state index contributed by atoms with van der Waals surface area (Å²) in [7, 11) is 0. The van der Waals surface area contributed by atoms with Gasteiger partial charge < -0.3 is 10.1 Å². The fraction of sp³-hybridized carbons (Fsp3) is 0.615. The van der Waals surface area contributed by atoms with Gasteiger partial charge in [0.25, 0.3) is 0 Å². The van der Waals surface area contributed by atoms with Gasteiger partial charge in [-0.3, -0.25) is 4.90 Å². The van der Waals surface area contributed by atoms with E-state index in [1.54, 1.807) is 0 Å². The minimum absolute atomic E-state index is 0.346. The van der Waals surface area contributed by atoms with Crippen molar-refractivity contribution in [3.8, 4) is 0 Å². The molecule has 0 saturated carbocycles. The maximum Gasteiger partial charge on any atom is 0.126 e. The number of morpholine rings is 1. The topological polar surface area (TPSA) is 37.4 Å². The summed E-state index contributed by atoms with van der Waals surface area (Å²) in [4.78, 5) is 6.71. The van der Waals surface area contributed by atoms with Crippen LogP contribution in [0.1, 0.15) is 19.4 Å². The molecular formula is C13H21N3O. The number of aromatic nitrogens is 1. The van der Waals surface area contributed by atoms with E-state index in [0.29, 0.717) is 6.10 Å². The Bertz CT molecular complexity index is 356. The number of pyridine rings is 1. The molecule has 0 bridgehead atoms. The first-order valence-corrected chi connectivity index (χ1v) is 6.30. The normalized spacial score (nSPS) is 21.4. The molecular weight excluding hydrogens is 214 g/mol. The van der Waals surface area contributed by atoms with Crippen molar-refractivity contribution in [2.24, 2.45) is 0 Å². The van der Waals surface area contributed by atoms with Gasteiger partial charge in [-0.15, -0.1) is 0 Å². The van der Waals surface area contributed by atoms with Gasteiger partial charge in [0, 0.05) is 32.4 Å². The molecule has 1 saturated heterocycles. The van der Waals surface area contributed by atoms with Crippen LogP contribution in [0.15, 0.2) is 18.3 Å². The van der Waals surface area contributed by atoms with Crippen LogP contribution in [0.25, 0.3) is 0 Å². The van der Waals surface area contributed by atoms with Crippen molar-refractivity contribution in [2.45, 2.75) is 26.5 Å². The Kier molecular flexibility index (Phi) is 4.34. The average molecular weight is 235 g/mol. The second kappa shape index (κ2) is 5.98. The monoisotopic (exact) mass is 235 g/mol. The first-order valence-electron chi connectivity index (χ1n) is 6.30. The van der Waals surface area contributed by atoms with Crippen molar-refractivity contribution < 1.29 is 4.74 Å². The molecule has 1 aromatic rings. The van der Waals surface area contributed by atoms with E-state index in [9.17, 15) is 0 Å². The van der Waals surface area contributed by atoms with Crippen LogP contribution in [0.4, 0.5) is 5.82 Å². The van der Waals surface area contributed by atoms with E-state index in [1.165, 1.54) is 5.56 Å². The van der Waals surface area contributed by atoms with Gasteiger partial charge in [-0.05, 0) is 31.5 Å². The molecule has 0 aliphatic carbocycles. The van der Waals surface area contributed by atoms with Gasteiger partial charge in [-0.2, -0.15) is 0 Å². The molecule has 17 heavy (non-hydrogen) atoms. The summed E-state index contributed by atoms with van der Waals surface area (Å²) in [6.45, 7) is 8.97. The minimum atomic E-state index is 0.346. The number of hydrogen-bond acceptors (Lipinski definition) is 4. The molecule has 4 heteroatoms. The third-order valence-electron chi connectivity index (χ3n) is 2.91. The molecule has 1 aliphatic heterocycles. The number of ether oxygens (including phenoxy) is 1. The molecule has 0 amide bonds. The standard InChI is InChI=1S/C13H21N3O/c1-3-14-13-8-12(4-5-15-13)10-16-6-7-17-11(2)9-16/h4-5,8,11H,3,6-7,9-10H2,1-2H3,(H,14,15). The Morgan fingerprint density at radius 3 is 3.24 bits per heavy atom. The summed E-state index contributed by atoms with van der Waals surface area (Å²) in [6, 6.07) is 4.21. The van der Waals surface area contributed by atoms with E-state index >= 15 is 0 Å². The maximum atomic E-state index is 5.54. The SMILES string of the molecule is CCNc1cc(CN2CCOC(C)C2)ccn1. The van der Waals surface area contributed by atoms with Crippen LogP contribution >= 0.6 is 0 Å². The summed E-state index contributed by atoms with van der Waals surface area (Å²) in [5.41, 5.74) is 1.31. The van der Waals surface area contributed by atoms with Crippen LogP contribution in [0.2, 0.25) is 0 Å². The van der Waals surface area contributed by atoms with Gasteiger partial charge >= 0.3 is 0 Å². The highest BCUT2D eigenvalue weighted by atomic mass is 16.5. The third kappa shape index (κ3) is 3.68. The number of nitrogens with one attached hydrogen (secondary N) is 1. The van der Waals surface area contributed by atoms with Gasteiger partial charge in [-0.1, -0.05) is 0 Å². The van der Waals surface area contributed by atoms with Gasteiger partial charge in [-0.25, -0.2) is 4.98 Å². The maximum absolute atomic E-state index is 5.54. The first-order chi connectivity index (χ1) is 8.28. The van der Waals surface area contributed by atoms with E-state index in [1.807, 2.05) is 6.20 Å². The zero-order chi connectivity index (χ0) is 12.1. The second-order valence-electron chi connectivity index (χ2n) is 4.50. The molecule has 1 atom stereocenters. The quantitative estimate of drug-likeness (QED) is 0.862. The Morgan fingerprint density at radius 1 is 1.59 bits per heavy atom. The molecule has 1 aliphatic rings. The van der Waals surface area contributed by atoms with Gasteiger partial charge in [0.2, 0.25) is 0 Å². The smallest absolute Gasteiger partial charge is 0.126 e. The lowest BCUT2D eigenvalue weighted by Crippen LogP contribution is -2.40. The molecule has 1 N–H and O–H groups in total. The second-order valence-corrected chi connectivity index (χ2v) is 4.50. The van der Waals surface area contributed by atoms with Crippen molar-refractivity contribution in [1.29, 1.82) is 0 Å². The van der Waals surface area contributed by atoms with Crippen LogP contribution in [0.5, 0.6) is 0 Å². The summed E-state index contributed by atoms with van der Waals surface area (Å²) >= 11 is 0. The summed E-state index contributed by atoms with van der Waals surface area (Å²) in [6.07, 6.45) is 2.22. The number of hydrogen-bond donors (Lipinski definition) is 1. The Labute approximate surface area is 103 Å². The zero-order valence-electron chi connectivity index (χ0n) is 10.6. The highest BCUT2D eigenvalue weighted by Crippen LogP contribution is 2.12. The average Bonchev–Trinajstić information content (AvgIpc) is 2.30. The molecule has 94 valence electrons. The van der Waals surface area contributed by atoms with Crippen LogP contribution in [0, 0.1) is 0 Å². The van der Waals surface area contributed by atoms with E-state index in [2.05, 4.69) is 41.2 Å². The lowest BCUT2D eigenvalue weighted by Gasteiger charge is -2.31. The fourth-order valence-corrected chi connectivity index (χ4v) is 2.14. The largest absolute Gasteiger partial charge is 0.376 e. The molecule has 4 nitrogen and oxygen atoms in total. The van der Waals surface area contributed by atoms with Crippen molar-refractivity contribution >= 4 is 5.82 Å². The Balaban J connectivity index is 1.95. The van der Waals surface area contributed by atoms with Crippen molar-refractivity contribution in [1.82, 2.24) is 9.88 Å². The van der Waals surface area contributed by atoms with E-state index < -0.39 is 0 Å². The Hall–Kier alpha value is -1.13. The first kappa shape index (κ1) is 12.3. The van der Waals surface area contributed by atoms with Crippen LogP contribution in [-0.4, -0.2) is 42.2 Å². The number of anilines is 1. The van der Waals surface area contributed by atoms with Crippen LogP contribution in [-0.2, 0) is 11.3 Å². The lowest BCUT2D eigenvalue weighted by molar-refractivity contribution is -0.0212. The number of rotatable bonds is 4. The lowest BCUT2D eigenvalue weighted by atomic mass is 10.2. The summed E-state index contributed by atoms with van der Waals surface area (Å²) in [5, 5.41) is 3.24. The molecule has 1 aromatic heterocycles. The molecule has 1 fully saturated rings. The van der Waals surface area contributed by atoms with Crippen LogP contribution < -0.4 is 5.32 Å². The van der Waals surface area contributed by atoms with E-state index in [-0.39, 0.29) is 0 Å². The van der Waals surface area contributed by atoms with Crippen LogP contribution in [0.3, 0.4) is 0 Å². The van der Waals surface area contributed by atoms with Crippen molar-refractivity contribution in [3.05, 3.63) is 23.9 Å². The highest BCUT2D eigenvalue weighted by Gasteiger charge is 2.16.